The SMILES string of the molecule is c1csc(-c2ccnc(C3CNCCO3)n2)c1. The first-order chi connectivity index (χ1) is 8.43. The fourth-order valence-corrected chi connectivity index (χ4v) is 2.52. The molecule has 1 unspecified atom stereocenters. The number of nitrogens with zero attached hydrogens (tertiary/aromatic N) is 2. The van der Waals surface area contributed by atoms with Gasteiger partial charge in [-0.3, -0.25) is 0 Å². The molecule has 1 N–H and O–H groups in total. The van der Waals surface area contributed by atoms with Crippen LogP contribution in [0.4, 0.5) is 0 Å². The molecule has 0 aromatic carbocycles. The lowest BCUT2D eigenvalue weighted by Gasteiger charge is -2.22. The van der Waals surface area contributed by atoms with Gasteiger partial charge in [0.2, 0.25) is 0 Å². The van der Waals surface area contributed by atoms with E-state index in [0.29, 0.717) is 0 Å². The molecule has 3 heterocycles. The van der Waals surface area contributed by atoms with E-state index in [-0.39, 0.29) is 6.10 Å². The molecular weight excluding hydrogens is 234 g/mol. The first-order valence-corrected chi connectivity index (χ1v) is 6.50. The minimum Gasteiger partial charge on any atom is -0.368 e. The first kappa shape index (κ1) is 10.8. The summed E-state index contributed by atoms with van der Waals surface area (Å²) in [6.45, 7) is 2.41. The van der Waals surface area contributed by atoms with Crippen molar-refractivity contribution < 1.29 is 4.74 Å². The van der Waals surface area contributed by atoms with E-state index in [4.69, 9.17) is 4.74 Å². The van der Waals surface area contributed by atoms with E-state index in [2.05, 4.69) is 26.7 Å². The van der Waals surface area contributed by atoms with Gasteiger partial charge in [-0.2, -0.15) is 0 Å². The van der Waals surface area contributed by atoms with Crippen LogP contribution in [0.1, 0.15) is 11.9 Å². The summed E-state index contributed by atoms with van der Waals surface area (Å²) in [4.78, 5) is 10.0. The lowest BCUT2D eigenvalue weighted by atomic mass is 10.2. The highest BCUT2D eigenvalue weighted by atomic mass is 32.1. The van der Waals surface area contributed by atoms with Crippen molar-refractivity contribution in [2.24, 2.45) is 0 Å². The van der Waals surface area contributed by atoms with Crippen LogP contribution in [0.3, 0.4) is 0 Å². The van der Waals surface area contributed by atoms with Gasteiger partial charge >= 0.3 is 0 Å². The van der Waals surface area contributed by atoms with Crippen molar-refractivity contribution in [1.82, 2.24) is 15.3 Å². The van der Waals surface area contributed by atoms with Crippen LogP contribution in [0.5, 0.6) is 0 Å². The average molecular weight is 247 g/mol. The molecule has 1 aliphatic heterocycles. The van der Waals surface area contributed by atoms with Crippen molar-refractivity contribution >= 4 is 11.3 Å². The Morgan fingerprint density at radius 2 is 2.41 bits per heavy atom. The van der Waals surface area contributed by atoms with Crippen LogP contribution in [-0.4, -0.2) is 29.7 Å². The Balaban J connectivity index is 1.88. The number of morpholine rings is 1. The lowest BCUT2D eigenvalue weighted by molar-refractivity contribution is 0.0222. The van der Waals surface area contributed by atoms with Crippen molar-refractivity contribution in [3.63, 3.8) is 0 Å². The number of aromatic nitrogens is 2. The number of nitrogens with one attached hydrogen (secondary N) is 1. The molecule has 0 spiro atoms. The Morgan fingerprint density at radius 1 is 1.41 bits per heavy atom. The molecule has 0 aliphatic carbocycles. The van der Waals surface area contributed by atoms with Crippen LogP contribution in [0.15, 0.2) is 29.8 Å². The van der Waals surface area contributed by atoms with Gasteiger partial charge in [0, 0.05) is 19.3 Å². The van der Waals surface area contributed by atoms with Crippen LogP contribution in [-0.2, 0) is 4.74 Å². The van der Waals surface area contributed by atoms with Crippen LogP contribution < -0.4 is 5.32 Å². The third-order valence-electron chi connectivity index (χ3n) is 2.66. The smallest absolute Gasteiger partial charge is 0.159 e. The standard InChI is InChI=1S/C12H13N3OS/c1-2-11(17-7-1)9-3-4-14-12(15-9)10-8-13-5-6-16-10/h1-4,7,10,13H,5-6,8H2. The second-order valence-electron chi connectivity index (χ2n) is 3.84. The third-order valence-corrected chi connectivity index (χ3v) is 3.56. The zero-order valence-electron chi connectivity index (χ0n) is 9.30. The maximum atomic E-state index is 5.65. The molecule has 17 heavy (non-hydrogen) atoms. The van der Waals surface area contributed by atoms with E-state index in [1.165, 1.54) is 0 Å². The molecule has 1 aliphatic rings. The Kier molecular flexibility index (Phi) is 3.13. The lowest BCUT2D eigenvalue weighted by Crippen LogP contribution is -2.34. The summed E-state index contributed by atoms with van der Waals surface area (Å²) >= 11 is 1.68. The van der Waals surface area contributed by atoms with E-state index in [1.807, 2.05) is 12.1 Å². The molecule has 0 bridgehead atoms. The van der Waals surface area contributed by atoms with E-state index in [0.717, 1.165) is 36.1 Å². The minimum atomic E-state index is -0.0244. The highest BCUT2D eigenvalue weighted by Gasteiger charge is 2.18. The van der Waals surface area contributed by atoms with Gasteiger partial charge in [0.1, 0.15) is 6.10 Å². The van der Waals surface area contributed by atoms with Gasteiger partial charge in [0.15, 0.2) is 5.82 Å². The van der Waals surface area contributed by atoms with Gasteiger partial charge in [-0.1, -0.05) is 6.07 Å². The molecule has 0 radical (unpaired) electrons. The van der Waals surface area contributed by atoms with Gasteiger partial charge in [-0.05, 0) is 17.5 Å². The number of hydrogen-bond acceptors (Lipinski definition) is 5. The Bertz CT molecular complexity index is 480. The van der Waals surface area contributed by atoms with Gasteiger partial charge in [0.25, 0.3) is 0 Å². The second-order valence-corrected chi connectivity index (χ2v) is 4.79. The zero-order valence-corrected chi connectivity index (χ0v) is 10.1. The Hall–Kier alpha value is -1.30. The van der Waals surface area contributed by atoms with Crippen molar-refractivity contribution in [3.8, 4) is 10.6 Å². The minimum absolute atomic E-state index is 0.0244. The molecule has 1 atom stereocenters. The number of thiophene rings is 1. The summed E-state index contributed by atoms with van der Waals surface area (Å²) < 4.78 is 5.65. The molecule has 3 rings (SSSR count). The molecule has 0 amide bonds. The van der Waals surface area contributed by atoms with Crippen LogP contribution in [0, 0.1) is 0 Å². The number of hydrogen-bond donors (Lipinski definition) is 1. The largest absolute Gasteiger partial charge is 0.368 e. The highest BCUT2D eigenvalue weighted by Crippen LogP contribution is 2.24. The van der Waals surface area contributed by atoms with Gasteiger partial charge in [-0.25, -0.2) is 9.97 Å². The van der Waals surface area contributed by atoms with E-state index in [1.54, 1.807) is 17.5 Å². The van der Waals surface area contributed by atoms with Crippen molar-refractivity contribution in [2.75, 3.05) is 19.7 Å². The Labute approximate surface area is 104 Å². The third kappa shape index (κ3) is 2.36. The molecular formula is C12H13N3OS. The molecule has 2 aromatic heterocycles. The van der Waals surface area contributed by atoms with Crippen molar-refractivity contribution in [3.05, 3.63) is 35.6 Å². The molecule has 4 nitrogen and oxygen atoms in total. The molecule has 88 valence electrons. The fourth-order valence-electron chi connectivity index (χ4n) is 1.82. The summed E-state index contributed by atoms with van der Waals surface area (Å²) in [5.41, 5.74) is 0.971. The highest BCUT2D eigenvalue weighted by molar-refractivity contribution is 7.13. The maximum Gasteiger partial charge on any atom is 0.159 e. The quantitative estimate of drug-likeness (QED) is 0.880. The topological polar surface area (TPSA) is 47.0 Å². The van der Waals surface area contributed by atoms with Gasteiger partial charge in [-0.15, -0.1) is 11.3 Å². The number of ether oxygens (including phenoxy) is 1. The average Bonchev–Trinajstić information content (AvgIpc) is 2.94. The number of rotatable bonds is 2. The van der Waals surface area contributed by atoms with Crippen LogP contribution >= 0.6 is 11.3 Å². The summed E-state index contributed by atoms with van der Waals surface area (Å²) in [6, 6.07) is 6.03. The van der Waals surface area contributed by atoms with Crippen molar-refractivity contribution in [1.29, 1.82) is 0 Å². The van der Waals surface area contributed by atoms with Gasteiger partial charge < -0.3 is 10.1 Å². The van der Waals surface area contributed by atoms with E-state index < -0.39 is 0 Å². The summed E-state index contributed by atoms with van der Waals surface area (Å²) in [5.74, 6) is 0.767. The van der Waals surface area contributed by atoms with E-state index in [9.17, 15) is 0 Å². The van der Waals surface area contributed by atoms with Crippen molar-refractivity contribution in [2.45, 2.75) is 6.10 Å². The predicted molar refractivity (Wildman–Crippen MR) is 66.9 cm³/mol. The fraction of sp³-hybridized carbons (Fsp3) is 0.333. The molecule has 2 aromatic rings. The summed E-state index contributed by atoms with van der Waals surface area (Å²) in [7, 11) is 0. The molecule has 5 heteroatoms. The van der Waals surface area contributed by atoms with E-state index >= 15 is 0 Å². The molecule has 0 saturated carbocycles. The normalized spacial score (nSPS) is 20.4. The summed E-state index contributed by atoms with van der Waals surface area (Å²) in [6.07, 6.45) is 1.78. The molecule has 1 saturated heterocycles. The summed E-state index contributed by atoms with van der Waals surface area (Å²) in [5, 5.41) is 5.34. The second kappa shape index (κ2) is 4.91. The monoisotopic (exact) mass is 247 g/mol. The Morgan fingerprint density at radius 3 is 3.18 bits per heavy atom. The van der Waals surface area contributed by atoms with Crippen LogP contribution in [0.25, 0.3) is 10.6 Å². The zero-order chi connectivity index (χ0) is 11.5. The maximum absolute atomic E-state index is 5.65. The first-order valence-electron chi connectivity index (χ1n) is 5.62. The van der Waals surface area contributed by atoms with Crippen LogP contribution in [0.2, 0.25) is 0 Å². The predicted octanol–water partition coefficient (Wildman–Crippen LogP) is 1.87. The molecule has 1 fully saturated rings. The van der Waals surface area contributed by atoms with Gasteiger partial charge in [0.05, 0.1) is 17.2 Å².